The van der Waals surface area contributed by atoms with Crippen LogP contribution in [-0.2, 0) is 0 Å². The van der Waals surface area contributed by atoms with Gasteiger partial charge in [-0.2, -0.15) is 0 Å². The fourth-order valence-electron chi connectivity index (χ4n) is 2.66. The molecule has 2 aromatic rings. The van der Waals surface area contributed by atoms with E-state index in [0.29, 0.717) is 25.0 Å². The van der Waals surface area contributed by atoms with E-state index >= 15 is 0 Å². The van der Waals surface area contributed by atoms with Gasteiger partial charge in [0, 0.05) is 29.8 Å². The summed E-state index contributed by atoms with van der Waals surface area (Å²) < 4.78 is 31.9. The average molecular weight is 349 g/mol. The molecule has 2 rings (SSSR count). The van der Waals surface area contributed by atoms with Gasteiger partial charge in [0.1, 0.15) is 11.6 Å². The van der Waals surface area contributed by atoms with Crippen LogP contribution in [0.3, 0.4) is 0 Å². The number of hydrogen-bond donors (Lipinski definition) is 2. The lowest BCUT2D eigenvalue weighted by Gasteiger charge is -2.32. The summed E-state index contributed by atoms with van der Waals surface area (Å²) >= 11 is 0. The van der Waals surface area contributed by atoms with Gasteiger partial charge in [-0.25, -0.2) is 8.78 Å². The molecule has 0 aliphatic carbocycles. The van der Waals surface area contributed by atoms with Crippen LogP contribution in [0.25, 0.3) is 11.3 Å². The molecule has 1 aromatic heterocycles. The summed E-state index contributed by atoms with van der Waals surface area (Å²) in [7, 11) is 0. The zero-order valence-electron chi connectivity index (χ0n) is 14.2. The normalized spacial score (nSPS) is 11.4. The highest BCUT2D eigenvalue weighted by Gasteiger charge is 2.30. The fraction of sp³-hybridized carbons (Fsp3) is 0.333. The zero-order chi connectivity index (χ0) is 18.6. The van der Waals surface area contributed by atoms with Crippen molar-refractivity contribution in [1.82, 2.24) is 10.5 Å². The number of aromatic nitrogens is 1. The topological polar surface area (TPSA) is 81.1 Å². The Bertz CT molecular complexity index is 782. The quantitative estimate of drug-likeness (QED) is 0.797. The molecule has 0 radical (unpaired) electrons. The second-order valence-electron chi connectivity index (χ2n) is 5.98. The van der Waals surface area contributed by atoms with Crippen molar-refractivity contribution >= 4 is 5.91 Å². The Morgan fingerprint density at radius 2 is 2.00 bits per heavy atom. The molecule has 0 saturated heterocycles. The van der Waals surface area contributed by atoms with Gasteiger partial charge in [-0.15, -0.1) is 0 Å². The predicted octanol–water partition coefficient (Wildman–Crippen LogP) is 3.77. The minimum atomic E-state index is -0.793. The molecule has 0 aliphatic heterocycles. The summed E-state index contributed by atoms with van der Waals surface area (Å²) in [5.74, 6) is -1.90. The van der Waals surface area contributed by atoms with Crippen LogP contribution in [0.1, 0.15) is 43.6 Å². The van der Waals surface area contributed by atoms with Crippen molar-refractivity contribution in [2.75, 3.05) is 0 Å². The fourth-order valence-corrected chi connectivity index (χ4v) is 2.66. The number of halogens is 2. The smallest absolute Gasteiger partial charge is 0.273 e. The molecule has 0 saturated carbocycles. The zero-order valence-corrected chi connectivity index (χ0v) is 14.2. The van der Waals surface area contributed by atoms with E-state index in [2.05, 4.69) is 17.1 Å². The van der Waals surface area contributed by atoms with Crippen LogP contribution >= 0.6 is 0 Å². The minimum Gasteiger partial charge on any atom is -0.402 e. The predicted molar refractivity (Wildman–Crippen MR) is 90.6 cm³/mol. The van der Waals surface area contributed by atoms with Crippen molar-refractivity contribution in [2.45, 2.75) is 38.6 Å². The van der Waals surface area contributed by atoms with Crippen molar-refractivity contribution in [3.8, 4) is 11.3 Å². The molecule has 0 unspecified atom stereocenters. The first-order valence-electron chi connectivity index (χ1n) is 7.98. The van der Waals surface area contributed by atoms with Crippen molar-refractivity contribution < 1.29 is 18.1 Å². The lowest BCUT2D eigenvalue weighted by molar-refractivity contribution is 0.0881. The monoisotopic (exact) mass is 349 g/mol. The number of carbonyl (C=O) groups excluding carboxylic acids is 1. The van der Waals surface area contributed by atoms with Crippen molar-refractivity contribution in [2.24, 2.45) is 5.73 Å². The Morgan fingerprint density at radius 3 is 2.56 bits per heavy atom. The number of nitrogens with two attached hydrogens (primary N) is 1. The first-order valence-corrected chi connectivity index (χ1v) is 7.98. The standard InChI is InChI=1S/C18H21F2N3O2/c1-4-18(5-2,10-11(3)21)22-17(24)15-9-16(25-23-15)13-7-6-12(19)8-14(13)20/h6-9H,3-5,10,21H2,1-2H3,(H,22,24). The van der Waals surface area contributed by atoms with Crippen LogP contribution in [0.15, 0.2) is 41.1 Å². The maximum Gasteiger partial charge on any atom is 0.273 e. The van der Waals surface area contributed by atoms with Gasteiger partial charge in [-0.1, -0.05) is 25.6 Å². The molecule has 1 heterocycles. The van der Waals surface area contributed by atoms with Gasteiger partial charge in [0.25, 0.3) is 5.91 Å². The number of nitrogens with one attached hydrogen (secondary N) is 1. The van der Waals surface area contributed by atoms with Crippen molar-refractivity contribution in [3.63, 3.8) is 0 Å². The third-order valence-corrected chi connectivity index (χ3v) is 4.24. The van der Waals surface area contributed by atoms with Crippen molar-refractivity contribution in [1.29, 1.82) is 0 Å². The highest BCUT2D eigenvalue weighted by molar-refractivity contribution is 5.93. The van der Waals surface area contributed by atoms with E-state index in [1.165, 1.54) is 12.1 Å². The third kappa shape index (κ3) is 4.23. The molecule has 0 atom stereocenters. The van der Waals surface area contributed by atoms with E-state index in [9.17, 15) is 13.6 Å². The Kier molecular flexibility index (Phi) is 5.56. The van der Waals surface area contributed by atoms with E-state index in [4.69, 9.17) is 10.3 Å². The molecule has 0 spiro atoms. The van der Waals surface area contributed by atoms with Gasteiger partial charge in [0.05, 0.1) is 5.56 Å². The van der Waals surface area contributed by atoms with Crippen LogP contribution in [0, 0.1) is 11.6 Å². The Labute approximate surface area is 144 Å². The van der Waals surface area contributed by atoms with E-state index < -0.39 is 23.1 Å². The third-order valence-electron chi connectivity index (χ3n) is 4.24. The molecule has 0 aliphatic rings. The number of rotatable bonds is 7. The number of carbonyl (C=O) groups is 1. The average Bonchev–Trinajstić information content (AvgIpc) is 3.03. The molecule has 134 valence electrons. The Hall–Kier alpha value is -2.70. The molecule has 5 nitrogen and oxygen atoms in total. The highest BCUT2D eigenvalue weighted by atomic mass is 19.1. The van der Waals surface area contributed by atoms with Crippen LogP contribution < -0.4 is 11.1 Å². The van der Waals surface area contributed by atoms with Gasteiger partial charge in [0.2, 0.25) is 0 Å². The number of nitrogens with zero attached hydrogens (tertiary/aromatic N) is 1. The van der Waals surface area contributed by atoms with Gasteiger partial charge in [-0.3, -0.25) is 4.79 Å². The van der Waals surface area contributed by atoms with Gasteiger partial charge in [0.15, 0.2) is 11.5 Å². The minimum absolute atomic E-state index is 0.00707. The number of hydrogen-bond acceptors (Lipinski definition) is 4. The molecule has 0 bridgehead atoms. The SMILES string of the molecule is C=C(N)CC(CC)(CC)NC(=O)c1cc(-c2ccc(F)cc2F)on1. The first kappa shape index (κ1) is 18.6. The van der Waals surface area contributed by atoms with Gasteiger partial charge in [-0.05, 0) is 25.0 Å². The molecule has 3 N–H and O–H groups in total. The Morgan fingerprint density at radius 1 is 1.32 bits per heavy atom. The summed E-state index contributed by atoms with van der Waals surface area (Å²) in [5.41, 5.74) is 5.67. The van der Waals surface area contributed by atoms with E-state index in [-0.39, 0.29) is 17.0 Å². The summed E-state index contributed by atoms with van der Waals surface area (Å²) in [5, 5.41) is 6.60. The summed E-state index contributed by atoms with van der Waals surface area (Å²) in [6, 6.07) is 4.39. The summed E-state index contributed by atoms with van der Waals surface area (Å²) in [6.45, 7) is 7.58. The largest absolute Gasteiger partial charge is 0.402 e. The molecule has 0 fully saturated rings. The van der Waals surface area contributed by atoms with Crippen LogP contribution in [0.4, 0.5) is 8.78 Å². The molecule has 25 heavy (non-hydrogen) atoms. The van der Waals surface area contributed by atoms with Gasteiger partial charge < -0.3 is 15.6 Å². The number of benzene rings is 1. The van der Waals surface area contributed by atoms with E-state index in [1.54, 1.807) is 0 Å². The first-order chi connectivity index (χ1) is 11.8. The molecular weight excluding hydrogens is 328 g/mol. The lowest BCUT2D eigenvalue weighted by Crippen LogP contribution is -2.48. The van der Waals surface area contributed by atoms with Crippen LogP contribution in [0.2, 0.25) is 0 Å². The summed E-state index contributed by atoms with van der Waals surface area (Å²) in [4.78, 5) is 12.5. The second kappa shape index (κ2) is 7.46. The number of amides is 1. The molecule has 7 heteroatoms. The van der Waals surface area contributed by atoms with Crippen molar-refractivity contribution in [3.05, 3.63) is 53.9 Å². The van der Waals surface area contributed by atoms with E-state index in [0.717, 1.165) is 12.1 Å². The van der Waals surface area contributed by atoms with Crippen LogP contribution in [-0.4, -0.2) is 16.6 Å². The Balaban J connectivity index is 2.23. The molecular formula is C18H21F2N3O2. The van der Waals surface area contributed by atoms with E-state index in [1.807, 2.05) is 13.8 Å². The molecule has 1 amide bonds. The summed E-state index contributed by atoms with van der Waals surface area (Å²) in [6.07, 6.45) is 1.74. The maximum absolute atomic E-state index is 13.8. The maximum atomic E-state index is 13.8. The molecule has 1 aromatic carbocycles. The van der Waals surface area contributed by atoms with Gasteiger partial charge >= 0.3 is 0 Å². The van der Waals surface area contributed by atoms with Crippen LogP contribution in [0.5, 0.6) is 0 Å². The highest BCUT2D eigenvalue weighted by Crippen LogP contribution is 2.26. The lowest BCUT2D eigenvalue weighted by atomic mass is 9.87. The second-order valence-corrected chi connectivity index (χ2v) is 5.98.